The normalized spacial score (nSPS) is 11.9. The minimum absolute atomic E-state index is 0.243. The fraction of sp³-hybridized carbons (Fsp3) is 0.333. The van der Waals surface area contributed by atoms with E-state index in [1.54, 1.807) is 23.0 Å². The van der Waals surface area contributed by atoms with Crippen molar-refractivity contribution in [2.75, 3.05) is 5.32 Å². The highest BCUT2D eigenvalue weighted by molar-refractivity contribution is 6.32. The van der Waals surface area contributed by atoms with E-state index in [1.165, 1.54) is 6.33 Å². The Morgan fingerprint density at radius 1 is 1.50 bits per heavy atom. The molecule has 0 aromatic carbocycles. The Kier molecular flexibility index (Phi) is 4.52. The molecule has 2 N–H and O–H groups in total. The third kappa shape index (κ3) is 3.24. The van der Waals surface area contributed by atoms with Crippen molar-refractivity contribution in [1.29, 1.82) is 0 Å². The molecule has 0 bridgehead atoms. The first-order valence-corrected chi connectivity index (χ1v) is 6.55. The standard InChI is InChI=1S/C12H15ClN6O/c1-3-19-11(15-7-16-19)8(2)17-12(20)18-9-5-4-6-14-10(9)13/h4-8H,3H2,1-2H3,(H2,17,18,20)/t8-/m0/s1. The van der Waals surface area contributed by atoms with Gasteiger partial charge in [0.05, 0.1) is 11.7 Å². The van der Waals surface area contributed by atoms with Gasteiger partial charge in [-0.2, -0.15) is 5.10 Å². The average molecular weight is 295 g/mol. The monoisotopic (exact) mass is 294 g/mol. The maximum Gasteiger partial charge on any atom is 0.319 e. The summed E-state index contributed by atoms with van der Waals surface area (Å²) in [6.45, 7) is 4.48. The molecule has 0 spiro atoms. The number of amides is 2. The van der Waals surface area contributed by atoms with Crippen molar-refractivity contribution in [1.82, 2.24) is 25.1 Å². The maximum absolute atomic E-state index is 11.9. The molecular weight excluding hydrogens is 280 g/mol. The number of rotatable bonds is 4. The fourth-order valence-corrected chi connectivity index (χ4v) is 1.92. The number of aromatic nitrogens is 4. The highest BCUT2D eigenvalue weighted by atomic mass is 35.5. The molecule has 0 aliphatic carbocycles. The summed E-state index contributed by atoms with van der Waals surface area (Å²) in [5, 5.41) is 9.72. The molecule has 2 aromatic heterocycles. The number of nitrogens with zero attached hydrogens (tertiary/aromatic N) is 4. The van der Waals surface area contributed by atoms with Gasteiger partial charge in [-0.15, -0.1) is 0 Å². The molecular formula is C12H15ClN6O. The van der Waals surface area contributed by atoms with E-state index in [4.69, 9.17) is 11.6 Å². The summed E-state index contributed by atoms with van der Waals surface area (Å²) in [7, 11) is 0. The van der Waals surface area contributed by atoms with Crippen LogP contribution in [0.3, 0.4) is 0 Å². The lowest BCUT2D eigenvalue weighted by Crippen LogP contribution is -2.32. The quantitative estimate of drug-likeness (QED) is 0.847. The van der Waals surface area contributed by atoms with Crippen LogP contribution in [0.1, 0.15) is 25.7 Å². The molecule has 2 rings (SSSR count). The number of carbonyl (C=O) groups is 1. The van der Waals surface area contributed by atoms with Crippen LogP contribution >= 0.6 is 11.6 Å². The van der Waals surface area contributed by atoms with Gasteiger partial charge in [-0.1, -0.05) is 11.6 Å². The van der Waals surface area contributed by atoms with E-state index in [1.807, 2.05) is 13.8 Å². The number of hydrogen-bond donors (Lipinski definition) is 2. The molecule has 7 nitrogen and oxygen atoms in total. The Bertz CT molecular complexity index is 599. The highest BCUT2D eigenvalue weighted by Gasteiger charge is 2.15. The molecule has 2 heterocycles. The second-order valence-corrected chi connectivity index (χ2v) is 4.45. The van der Waals surface area contributed by atoms with Crippen molar-refractivity contribution < 1.29 is 4.79 Å². The predicted molar refractivity (Wildman–Crippen MR) is 75.5 cm³/mol. The average Bonchev–Trinajstić information content (AvgIpc) is 2.89. The van der Waals surface area contributed by atoms with Gasteiger partial charge >= 0.3 is 6.03 Å². The van der Waals surface area contributed by atoms with Crippen LogP contribution in [0.5, 0.6) is 0 Å². The van der Waals surface area contributed by atoms with Crippen LogP contribution in [0.25, 0.3) is 0 Å². The maximum atomic E-state index is 11.9. The Morgan fingerprint density at radius 3 is 3.00 bits per heavy atom. The van der Waals surface area contributed by atoms with Crippen LogP contribution < -0.4 is 10.6 Å². The molecule has 0 unspecified atom stereocenters. The largest absolute Gasteiger partial charge is 0.328 e. The molecule has 0 saturated heterocycles. The summed E-state index contributed by atoms with van der Waals surface area (Å²) in [6.07, 6.45) is 3.02. The third-order valence-electron chi connectivity index (χ3n) is 2.69. The van der Waals surface area contributed by atoms with Gasteiger partial charge in [-0.3, -0.25) is 0 Å². The van der Waals surface area contributed by atoms with E-state index in [0.717, 1.165) is 0 Å². The Labute approximate surface area is 121 Å². The van der Waals surface area contributed by atoms with Crippen molar-refractivity contribution in [3.05, 3.63) is 35.6 Å². The van der Waals surface area contributed by atoms with Gasteiger partial charge in [0.1, 0.15) is 12.2 Å². The first-order chi connectivity index (χ1) is 9.61. The molecule has 0 fully saturated rings. The molecule has 1 atom stereocenters. The first-order valence-electron chi connectivity index (χ1n) is 6.17. The second-order valence-electron chi connectivity index (χ2n) is 4.10. The smallest absolute Gasteiger partial charge is 0.319 e. The molecule has 2 aromatic rings. The highest BCUT2D eigenvalue weighted by Crippen LogP contribution is 2.17. The topological polar surface area (TPSA) is 84.7 Å². The van der Waals surface area contributed by atoms with Crippen LogP contribution in [0.15, 0.2) is 24.7 Å². The molecule has 20 heavy (non-hydrogen) atoms. The van der Waals surface area contributed by atoms with Crippen LogP contribution in [0.4, 0.5) is 10.5 Å². The number of halogens is 1. The van der Waals surface area contributed by atoms with Gasteiger partial charge in [0.15, 0.2) is 5.15 Å². The summed E-state index contributed by atoms with van der Waals surface area (Å²) in [6, 6.07) is 2.72. The zero-order chi connectivity index (χ0) is 14.5. The van der Waals surface area contributed by atoms with Gasteiger partial charge in [-0.05, 0) is 26.0 Å². The minimum Gasteiger partial charge on any atom is -0.328 e. The van der Waals surface area contributed by atoms with Crippen molar-refractivity contribution in [2.24, 2.45) is 0 Å². The van der Waals surface area contributed by atoms with Crippen molar-refractivity contribution in [2.45, 2.75) is 26.4 Å². The molecule has 0 aliphatic heterocycles. The molecule has 8 heteroatoms. The van der Waals surface area contributed by atoms with Crippen LogP contribution in [-0.2, 0) is 6.54 Å². The number of hydrogen-bond acceptors (Lipinski definition) is 4. The van der Waals surface area contributed by atoms with E-state index < -0.39 is 0 Å². The van der Waals surface area contributed by atoms with Crippen molar-refractivity contribution in [3.8, 4) is 0 Å². The summed E-state index contributed by atoms with van der Waals surface area (Å²) in [5.74, 6) is 0.694. The summed E-state index contributed by atoms with van der Waals surface area (Å²) >= 11 is 5.87. The molecule has 0 aliphatic rings. The summed E-state index contributed by atoms with van der Waals surface area (Å²) in [4.78, 5) is 19.9. The van der Waals surface area contributed by atoms with Crippen molar-refractivity contribution >= 4 is 23.3 Å². The number of pyridine rings is 1. The molecule has 2 amide bonds. The predicted octanol–water partition coefficient (Wildman–Crippen LogP) is 2.23. The van der Waals surface area contributed by atoms with Crippen LogP contribution in [0, 0.1) is 0 Å². The second kappa shape index (κ2) is 6.33. The Balaban J connectivity index is 2.00. The van der Waals surface area contributed by atoms with E-state index in [-0.39, 0.29) is 17.2 Å². The number of anilines is 1. The fourth-order valence-electron chi connectivity index (χ4n) is 1.75. The van der Waals surface area contributed by atoms with E-state index >= 15 is 0 Å². The lowest BCUT2D eigenvalue weighted by Gasteiger charge is -2.14. The lowest BCUT2D eigenvalue weighted by atomic mass is 10.3. The van der Waals surface area contributed by atoms with E-state index in [9.17, 15) is 4.79 Å². The summed E-state index contributed by atoms with van der Waals surface area (Å²) < 4.78 is 1.72. The minimum atomic E-state index is -0.377. The number of aryl methyl sites for hydroxylation is 1. The van der Waals surface area contributed by atoms with Gasteiger partial charge in [0.2, 0.25) is 0 Å². The first kappa shape index (κ1) is 14.3. The molecule has 106 valence electrons. The SMILES string of the molecule is CCn1ncnc1[C@H](C)NC(=O)Nc1cccnc1Cl. The van der Waals surface area contributed by atoms with Crippen LogP contribution in [0.2, 0.25) is 5.15 Å². The molecule has 0 radical (unpaired) electrons. The zero-order valence-corrected chi connectivity index (χ0v) is 11.9. The third-order valence-corrected chi connectivity index (χ3v) is 2.99. The van der Waals surface area contributed by atoms with E-state index in [0.29, 0.717) is 18.1 Å². The summed E-state index contributed by atoms with van der Waals surface area (Å²) in [5.41, 5.74) is 0.454. The van der Waals surface area contributed by atoms with Gasteiger partial charge in [-0.25, -0.2) is 19.4 Å². The Hall–Kier alpha value is -2.15. The van der Waals surface area contributed by atoms with E-state index in [2.05, 4.69) is 25.7 Å². The van der Waals surface area contributed by atoms with Gasteiger partial charge in [0.25, 0.3) is 0 Å². The van der Waals surface area contributed by atoms with Gasteiger partial charge < -0.3 is 10.6 Å². The van der Waals surface area contributed by atoms with Crippen molar-refractivity contribution in [3.63, 3.8) is 0 Å². The lowest BCUT2D eigenvalue weighted by molar-refractivity contribution is 0.248. The number of carbonyl (C=O) groups excluding carboxylic acids is 1. The molecule has 0 saturated carbocycles. The Morgan fingerprint density at radius 2 is 2.30 bits per heavy atom. The number of urea groups is 1. The van der Waals surface area contributed by atoms with Gasteiger partial charge in [0, 0.05) is 12.7 Å². The number of nitrogens with one attached hydrogen (secondary N) is 2. The van der Waals surface area contributed by atoms with Crippen LogP contribution in [-0.4, -0.2) is 25.8 Å². The zero-order valence-electron chi connectivity index (χ0n) is 11.2.